The van der Waals surface area contributed by atoms with Crippen molar-refractivity contribution in [2.45, 2.75) is 32.6 Å². The summed E-state index contributed by atoms with van der Waals surface area (Å²) >= 11 is 0. The maximum absolute atomic E-state index is 11.9. The van der Waals surface area contributed by atoms with Crippen LogP contribution in [0.4, 0.5) is 17.3 Å². The van der Waals surface area contributed by atoms with E-state index in [1.807, 2.05) is 31.2 Å². The van der Waals surface area contributed by atoms with Crippen molar-refractivity contribution in [2.75, 3.05) is 23.3 Å². The van der Waals surface area contributed by atoms with Gasteiger partial charge >= 0.3 is 0 Å². The molecule has 1 fully saturated rings. The third-order valence-electron chi connectivity index (χ3n) is 5.89. The van der Waals surface area contributed by atoms with Crippen molar-refractivity contribution in [1.29, 1.82) is 5.26 Å². The van der Waals surface area contributed by atoms with E-state index in [0.29, 0.717) is 17.1 Å². The van der Waals surface area contributed by atoms with Gasteiger partial charge in [0.15, 0.2) is 5.78 Å². The fraction of sp³-hybridized carbons (Fsp3) is 0.259. The quantitative estimate of drug-likeness (QED) is 0.502. The highest BCUT2D eigenvalue weighted by Gasteiger charge is 2.14. The highest BCUT2D eigenvalue weighted by atomic mass is 16.1. The summed E-state index contributed by atoms with van der Waals surface area (Å²) in [7, 11) is 0. The summed E-state index contributed by atoms with van der Waals surface area (Å²) in [6.07, 6.45) is 6.96. The van der Waals surface area contributed by atoms with Crippen LogP contribution in [0.15, 0.2) is 61.3 Å². The van der Waals surface area contributed by atoms with Gasteiger partial charge in [-0.25, -0.2) is 9.97 Å². The number of aromatic nitrogens is 2. The SMILES string of the molecule is C=CC(=O)Cc1cc(-c2nc(Nc3cccc(N4CCCCC4)c3)ncc2C)ccc1C#N. The van der Waals surface area contributed by atoms with Crippen LogP contribution in [0.25, 0.3) is 11.3 Å². The lowest BCUT2D eigenvalue weighted by molar-refractivity contribution is -0.114. The normalized spacial score (nSPS) is 13.3. The molecule has 1 aliphatic rings. The van der Waals surface area contributed by atoms with Crippen LogP contribution in [-0.2, 0) is 11.2 Å². The number of allylic oxidation sites excluding steroid dienone is 1. The van der Waals surface area contributed by atoms with Gasteiger partial charge in [0, 0.05) is 42.6 Å². The Labute approximate surface area is 194 Å². The van der Waals surface area contributed by atoms with Crippen molar-refractivity contribution in [3.63, 3.8) is 0 Å². The van der Waals surface area contributed by atoms with Gasteiger partial charge in [0.05, 0.1) is 17.3 Å². The molecule has 0 saturated carbocycles. The first kappa shape index (κ1) is 22.2. The molecule has 2 heterocycles. The number of hydrogen-bond donors (Lipinski definition) is 1. The largest absolute Gasteiger partial charge is 0.371 e. The number of rotatable bonds is 7. The molecule has 1 saturated heterocycles. The number of piperidine rings is 1. The van der Waals surface area contributed by atoms with Gasteiger partial charge in [-0.05, 0) is 73.7 Å². The molecule has 0 bridgehead atoms. The highest BCUT2D eigenvalue weighted by molar-refractivity contribution is 5.91. The molecular weight excluding hydrogens is 410 g/mol. The van der Waals surface area contributed by atoms with E-state index in [0.717, 1.165) is 35.6 Å². The van der Waals surface area contributed by atoms with Gasteiger partial charge in [-0.15, -0.1) is 0 Å². The van der Waals surface area contributed by atoms with Crippen molar-refractivity contribution in [3.8, 4) is 17.3 Å². The smallest absolute Gasteiger partial charge is 0.227 e. The Balaban J connectivity index is 1.61. The minimum Gasteiger partial charge on any atom is -0.371 e. The Morgan fingerprint density at radius 3 is 2.79 bits per heavy atom. The first-order chi connectivity index (χ1) is 16.1. The molecule has 6 heteroatoms. The molecule has 33 heavy (non-hydrogen) atoms. The van der Waals surface area contributed by atoms with E-state index in [4.69, 9.17) is 4.98 Å². The second kappa shape index (κ2) is 10.1. The Morgan fingerprint density at radius 2 is 2.03 bits per heavy atom. The molecule has 166 valence electrons. The summed E-state index contributed by atoms with van der Waals surface area (Å²) in [5, 5.41) is 12.7. The van der Waals surface area contributed by atoms with Gasteiger partial charge in [-0.3, -0.25) is 4.79 Å². The van der Waals surface area contributed by atoms with Crippen LogP contribution in [0.1, 0.15) is 36.0 Å². The standard InChI is InChI=1S/C27H27N5O/c1-3-25(33)15-22-14-20(10-11-21(22)17-28)26-19(2)18-29-27(31-26)30-23-8-7-9-24(16-23)32-12-5-4-6-13-32/h3,7-11,14,16,18H,1,4-6,12-13,15H2,2H3,(H,29,30,31). The van der Waals surface area contributed by atoms with Gasteiger partial charge < -0.3 is 10.2 Å². The van der Waals surface area contributed by atoms with Crippen LogP contribution in [0, 0.1) is 18.3 Å². The molecule has 6 nitrogen and oxygen atoms in total. The van der Waals surface area contributed by atoms with E-state index in [2.05, 4.69) is 40.0 Å². The van der Waals surface area contributed by atoms with Crippen molar-refractivity contribution in [2.24, 2.45) is 0 Å². The van der Waals surface area contributed by atoms with E-state index >= 15 is 0 Å². The molecule has 0 unspecified atom stereocenters. The summed E-state index contributed by atoms with van der Waals surface area (Å²) in [4.78, 5) is 23.5. The molecule has 3 aromatic rings. The molecule has 0 radical (unpaired) electrons. The summed E-state index contributed by atoms with van der Waals surface area (Å²) in [5.74, 6) is 0.374. The van der Waals surface area contributed by atoms with Crippen molar-refractivity contribution in [3.05, 3.63) is 78.0 Å². The Bertz CT molecular complexity index is 1220. The predicted molar refractivity (Wildman–Crippen MR) is 132 cm³/mol. The molecule has 0 aliphatic carbocycles. The summed E-state index contributed by atoms with van der Waals surface area (Å²) in [6, 6.07) is 15.9. The molecular formula is C27H27N5O. The molecule has 0 atom stereocenters. The fourth-order valence-electron chi connectivity index (χ4n) is 4.11. The maximum atomic E-state index is 11.9. The second-order valence-corrected chi connectivity index (χ2v) is 8.28. The fourth-order valence-corrected chi connectivity index (χ4v) is 4.11. The third kappa shape index (κ3) is 5.27. The topological polar surface area (TPSA) is 81.9 Å². The number of nitriles is 1. The average Bonchev–Trinajstić information content (AvgIpc) is 2.86. The Hall–Kier alpha value is -3.98. The number of ketones is 1. The van der Waals surface area contributed by atoms with E-state index < -0.39 is 0 Å². The van der Waals surface area contributed by atoms with Gasteiger partial charge in [0.1, 0.15) is 0 Å². The van der Waals surface area contributed by atoms with Crippen molar-refractivity contribution < 1.29 is 4.79 Å². The van der Waals surface area contributed by atoms with E-state index in [1.165, 1.54) is 31.0 Å². The molecule has 1 aromatic heterocycles. The lowest BCUT2D eigenvalue weighted by Crippen LogP contribution is -2.29. The van der Waals surface area contributed by atoms with Gasteiger partial charge in [0.2, 0.25) is 5.95 Å². The highest BCUT2D eigenvalue weighted by Crippen LogP contribution is 2.27. The molecule has 1 N–H and O–H groups in total. The van der Waals surface area contributed by atoms with Crippen LogP contribution < -0.4 is 10.2 Å². The number of carbonyl (C=O) groups is 1. The summed E-state index contributed by atoms with van der Waals surface area (Å²) in [6.45, 7) is 7.65. The second-order valence-electron chi connectivity index (χ2n) is 8.28. The van der Waals surface area contributed by atoms with E-state index in [1.54, 1.807) is 12.3 Å². The molecule has 4 rings (SSSR count). The lowest BCUT2D eigenvalue weighted by atomic mass is 9.97. The first-order valence-electron chi connectivity index (χ1n) is 11.2. The zero-order valence-corrected chi connectivity index (χ0v) is 18.8. The van der Waals surface area contributed by atoms with Crippen molar-refractivity contribution in [1.82, 2.24) is 9.97 Å². The van der Waals surface area contributed by atoms with Crippen LogP contribution in [0.5, 0.6) is 0 Å². The Kier molecular flexibility index (Phi) is 6.80. The molecule has 0 amide bonds. The predicted octanol–water partition coefficient (Wildman–Crippen LogP) is 5.36. The minimum absolute atomic E-state index is 0.126. The van der Waals surface area contributed by atoms with Crippen LogP contribution in [0.2, 0.25) is 0 Å². The lowest BCUT2D eigenvalue weighted by Gasteiger charge is -2.29. The third-order valence-corrected chi connectivity index (χ3v) is 5.89. The number of hydrogen-bond acceptors (Lipinski definition) is 6. The summed E-state index contributed by atoms with van der Waals surface area (Å²) in [5.41, 5.74) is 5.80. The number of benzene rings is 2. The van der Waals surface area contributed by atoms with E-state index in [9.17, 15) is 10.1 Å². The number of aryl methyl sites for hydroxylation is 1. The van der Waals surface area contributed by atoms with Gasteiger partial charge in [-0.2, -0.15) is 5.26 Å². The molecule has 0 spiro atoms. The monoisotopic (exact) mass is 437 g/mol. The zero-order chi connectivity index (χ0) is 23.2. The summed E-state index contributed by atoms with van der Waals surface area (Å²) < 4.78 is 0. The number of nitrogens with one attached hydrogen (secondary N) is 1. The van der Waals surface area contributed by atoms with E-state index in [-0.39, 0.29) is 12.2 Å². The van der Waals surface area contributed by atoms with Gasteiger partial charge in [0.25, 0.3) is 0 Å². The van der Waals surface area contributed by atoms with Crippen LogP contribution >= 0.6 is 0 Å². The van der Waals surface area contributed by atoms with Crippen LogP contribution in [0.3, 0.4) is 0 Å². The number of carbonyl (C=O) groups excluding carboxylic acids is 1. The Morgan fingerprint density at radius 1 is 1.21 bits per heavy atom. The van der Waals surface area contributed by atoms with Crippen LogP contribution in [-0.4, -0.2) is 28.8 Å². The maximum Gasteiger partial charge on any atom is 0.227 e. The first-order valence-corrected chi connectivity index (χ1v) is 11.2. The minimum atomic E-state index is -0.126. The number of anilines is 3. The zero-order valence-electron chi connectivity index (χ0n) is 18.8. The number of nitrogens with zero attached hydrogens (tertiary/aromatic N) is 4. The van der Waals surface area contributed by atoms with Crippen molar-refractivity contribution >= 4 is 23.1 Å². The molecule has 2 aromatic carbocycles. The molecule has 1 aliphatic heterocycles. The van der Waals surface area contributed by atoms with Gasteiger partial charge in [-0.1, -0.05) is 18.7 Å². The average molecular weight is 438 g/mol.